The zero-order valence-corrected chi connectivity index (χ0v) is 12.2. The van der Waals surface area contributed by atoms with Gasteiger partial charge in [-0.05, 0) is 24.6 Å². The Bertz CT molecular complexity index is 1020. The second-order valence-electron chi connectivity index (χ2n) is 5.30. The molecule has 0 spiro atoms. The predicted molar refractivity (Wildman–Crippen MR) is 80.6 cm³/mol. The van der Waals surface area contributed by atoms with Gasteiger partial charge in [-0.15, -0.1) is 0 Å². The van der Waals surface area contributed by atoms with Gasteiger partial charge < -0.3 is 4.42 Å². The zero-order chi connectivity index (χ0) is 15.3. The average Bonchev–Trinajstić information content (AvgIpc) is 2.85. The lowest BCUT2D eigenvalue weighted by Crippen LogP contribution is -2.30. The summed E-state index contributed by atoms with van der Waals surface area (Å²) in [6.07, 6.45) is 5.41. The summed E-state index contributed by atoms with van der Waals surface area (Å²) in [5.74, 6) is -0.545. The number of rotatable bonds is 1. The number of aryl methyl sites for hydroxylation is 2. The van der Waals surface area contributed by atoms with E-state index in [1.54, 1.807) is 18.5 Å². The molecule has 0 aliphatic rings. The lowest BCUT2D eigenvalue weighted by Gasteiger charge is -2.04. The van der Waals surface area contributed by atoms with Crippen molar-refractivity contribution in [1.29, 1.82) is 0 Å². The Morgan fingerprint density at radius 3 is 2.77 bits per heavy atom. The quantitative estimate of drug-likeness (QED) is 0.399. The summed E-state index contributed by atoms with van der Waals surface area (Å²) in [5.41, 5.74) is 3.97. The second kappa shape index (κ2) is 4.59. The van der Waals surface area contributed by atoms with Crippen molar-refractivity contribution in [2.45, 2.75) is 6.92 Å². The van der Waals surface area contributed by atoms with Crippen molar-refractivity contribution in [1.82, 2.24) is 9.97 Å². The van der Waals surface area contributed by atoms with Gasteiger partial charge in [0.1, 0.15) is 7.05 Å². The number of benzene rings is 1. The number of aromatic nitrogens is 3. The predicted octanol–water partition coefficient (Wildman–Crippen LogP) is 3.32. The van der Waals surface area contributed by atoms with Gasteiger partial charge in [0.2, 0.25) is 17.4 Å². The van der Waals surface area contributed by atoms with Gasteiger partial charge >= 0.3 is 0 Å². The molecule has 0 unspecified atom stereocenters. The summed E-state index contributed by atoms with van der Waals surface area (Å²) in [5, 5.41) is 1.73. The molecule has 1 aromatic carbocycles. The third-order valence-corrected chi connectivity index (χ3v) is 3.89. The molecule has 4 rings (SSSR count). The number of halogens is 1. The molecule has 0 radical (unpaired) electrons. The van der Waals surface area contributed by atoms with Crippen molar-refractivity contribution in [3.05, 3.63) is 54.4 Å². The van der Waals surface area contributed by atoms with E-state index in [1.165, 1.54) is 6.07 Å². The molecular weight excluding hydrogens is 281 g/mol. The number of fused-ring (bicyclic) bond motifs is 3. The van der Waals surface area contributed by atoms with Crippen LogP contribution in [0, 0.1) is 12.9 Å². The normalized spacial score (nSPS) is 11.4. The highest BCUT2D eigenvalue weighted by Gasteiger charge is 2.20. The van der Waals surface area contributed by atoms with Crippen molar-refractivity contribution in [3.63, 3.8) is 0 Å². The maximum absolute atomic E-state index is 13.3. The first-order valence-corrected chi connectivity index (χ1v) is 6.93. The highest BCUT2D eigenvalue weighted by Crippen LogP contribution is 2.35. The number of hydrogen-bond acceptors (Lipinski definition) is 3. The minimum atomic E-state index is -0.545. The molecule has 0 aliphatic carbocycles. The van der Waals surface area contributed by atoms with Crippen LogP contribution in [-0.4, -0.2) is 9.97 Å². The van der Waals surface area contributed by atoms with E-state index in [0.29, 0.717) is 11.3 Å². The third-order valence-electron chi connectivity index (χ3n) is 3.89. The fraction of sp³-hybridized carbons (Fsp3) is 0.118. The summed E-state index contributed by atoms with van der Waals surface area (Å²) in [6.45, 7) is 2.02. The Hall–Kier alpha value is -2.82. The van der Waals surface area contributed by atoms with Gasteiger partial charge in [-0.25, -0.2) is 0 Å². The SMILES string of the molecule is Cc1ccc2c(oc3nc(F)ccc32)c1-c1cncc[n+]1C. The Morgan fingerprint density at radius 1 is 1.14 bits per heavy atom. The average molecular weight is 294 g/mol. The summed E-state index contributed by atoms with van der Waals surface area (Å²) in [4.78, 5) is 8.04. The van der Waals surface area contributed by atoms with Crippen LogP contribution in [0.4, 0.5) is 4.39 Å². The number of hydrogen-bond donors (Lipinski definition) is 0. The van der Waals surface area contributed by atoms with E-state index in [0.717, 1.165) is 27.6 Å². The molecular formula is C17H13FN3O+. The Morgan fingerprint density at radius 2 is 1.95 bits per heavy atom. The molecule has 5 heteroatoms. The van der Waals surface area contributed by atoms with E-state index in [-0.39, 0.29) is 0 Å². The molecule has 4 aromatic rings. The summed E-state index contributed by atoms with van der Waals surface area (Å²) < 4.78 is 21.2. The van der Waals surface area contributed by atoms with Gasteiger partial charge in [0.15, 0.2) is 11.8 Å². The summed E-state index contributed by atoms with van der Waals surface area (Å²) >= 11 is 0. The Balaban J connectivity index is 2.16. The van der Waals surface area contributed by atoms with E-state index >= 15 is 0 Å². The van der Waals surface area contributed by atoms with Crippen LogP contribution in [0.1, 0.15) is 5.56 Å². The van der Waals surface area contributed by atoms with Crippen molar-refractivity contribution in [3.8, 4) is 11.3 Å². The van der Waals surface area contributed by atoms with E-state index < -0.39 is 5.95 Å². The van der Waals surface area contributed by atoms with Gasteiger partial charge in [0, 0.05) is 10.8 Å². The molecule has 22 heavy (non-hydrogen) atoms. The van der Waals surface area contributed by atoms with Crippen molar-refractivity contribution >= 4 is 22.1 Å². The number of furan rings is 1. The van der Waals surface area contributed by atoms with Crippen LogP contribution in [0.5, 0.6) is 0 Å². The van der Waals surface area contributed by atoms with Crippen LogP contribution in [-0.2, 0) is 7.05 Å². The molecule has 4 nitrogen and oxygen atoms in total. The first-order chi connectivity index (χ1) is 10.6. The highest BCUT2D eigenvalue weighted by molar-refractivity contribution is 6.08. The Labute approximate surface area is 125 Å². The number of nitrogens with zero attached hydrogens (tertiary/aromatic N) is 3. The smallest absolute Gasteiger partial charge is 0.234 e. The van der Waals surface area contributed by atoms with Crippen molar-refractivity contribution in [2.24, 2.45) is 7.05 Å². The first kappa shape index (κ1) is 12.9. The highest BCUT2D eigenvalue weighted by atomic mass is 19.1. The third kappa shape index (κ3) is 1.79. The zero-order valence-electron chi connectivity index (χ0n) is 12.2. The molecule has 3 heterocycles. The lowest BCUT2D eigenvalue weighted by atomic mass is 10.0. The molecule has 0 N–H and O–H groups in total. The van der Waals surface area contributed by atoms with Crippen LogP contribution in [0.2, 0.25) is 0 Å². The molecule has 3 aromatic heterocycles. The van der Waals surface area contributed by atoms with E-state index in [2.05, 4.69) is 9.97 Å². The second-order valence-corrected chi connectivity index (χ2v) is 5.30. The molecule has 0 amide bonds. The van der Waals surface area contributed by atoms with Crippen LogP contribution < -0.4 is 4.57 Å². The standard InChI is InChI=1S/C17H13FN3O/c1-10-3-4-11-12-5-6-14(18)20-17(12)22-16(11)15(10)13-9-19-7-8-21(13)2/h3-9H,1-2H3/q+1. The molecule has 0 aliphatic heterocycles. The molecule has 0 fully saturated rings. The maximum atomic E-state index is 13.3. The first-order valence-electron chi connectivity index (χ1n) is 6.93. The van der Waals surface area contributed by atoms with E-state index in [1.807, 2.05) is 36.9 Å². The van der Waals surface area contributed by atoms with Gasteiger partial charge in [0.25, 0.3) is 0 Å². The van der Waals surface area contributed by atoms with Gasteiger partial charge in [-0.3, -0.25) is 4.98 Å². The van der Waals surface area contributed by atoms with E-state index in [9.17, 15) is 4.39 Å². The topological polar surface area (TPSA) is 42.8 Å². The summed E-state index contributed by atoms with van der Waals surface area (Å²) in [6, 6.07) is 7.06. The van der Waals surface area contributed by atoms with Crippen LogP contribution in [0.3, 0.4) is 0 Å². The molecule has 0 saturated heterocycles. The van der Waals surface area contributed by atoms with Gasteiger partial charge in [-0.1, -0.05) is 12.1 Å². The fourth-order valence-corrected chi connectivity index (χ4v) is 2.78. The van der Waals surface area contributed by atoms with Gasteiger partial charge in [-0.2, -0.15) is 13.9 Å². The van der Waals surface area contributed by atoms with Crippen LogP contribution in [0.25, 0.3) is 33.3 Å². The van der Waals surface area contributed by atoms with E-state index in [4.69, 9.17) is 4.42 Å². The van der Waals surface area contributed by atoms with Crippen molar-refractivity contribution < 1.29 is 13.4 Å². The molecule has 0 saturated carbocycles. The largest absolute Gasteiger partial charge is 0.437 e. The maximum Gasteiger partial charge on any atom is 0.234 e. The van der Waals surface area contributed by atoms with Crippen molar-refractivity contribution in [2.75, 3.05) is 0 Å². The molecule has 108 valence electrons. The fourth-order valence-electron chi connectivity index (χ4n) is 2.78. The van der Waals surface area contributed by atoms with Crippen LogP contribution >= 0.6 is 0 Å². The molecule has 0 atom stereocenters. The van der Waals surface area contributed by atoms with Crippen LogP contribution in [0.15, 0.2) is 47.3 Å². The number of pyridine rings is 1. The monoisotopic (exact) mass is 294 g/mol. The minimum absolute atomic E-state index is 0.313. The Kier molecular flexibility index (Phi) is 2.69. The minimum Gasteiger partial charge on any atom is -0.437 e. The van der Waals surface area contributed by atoms with Gasteiger partial charge in [0.05, 0.1) is 18.0 Å². The lowest BCUT2D eigenvalue weighted by molar-refractivity contribution is -0.660. The molecule has 0 bridgehead atoms. The summed E-state index contributed by atoms with van der Waals surface area (Å²) in [7, 11) is 1.95.